The smallest absolute Gasteiger partial charge is 0.0826 e. The minimum absolute atomic E-state index is 0.291. The normalized spacial score (nSPS) is 24.3. The van der Waals surface area contributed by atoms with E-state index in [4.69, 9.17) is 0 Å². The molecule has 1 aliphatic carbocycles. The van der Waals surface area contributed by atoms with Crippen LogP contribution in [0.2, 0.25) is 0 Å². The van der Waals surface area contributed by atoms with Crippen LogP contribution in [0.25, 0.3) is 0 Å². The highest BCUT2D eigenvalue weighted by molar-refractivity contribution is 7.05. The Hall–Kier alpha value is -0.560. The van der Waals surface area contributed by atoms with Gasteiger partial charge in [0, 0.05) is 45.4 Å². The van der Waals surface area contributed by atoms with Crippen molar-refractivity contribution in [3.63, 3.8) is 0 Å². The Morgan fingerprint density at radius 1 is 1.32 bits per heavy atom. The standard InChI is InChI=1S/C16H28N4OS/c1-12(2)16-15(22-18-17-16)11-19-6-7-20(9-13-3-4-13)14(10-19)5-8-21/h12-14,21H,3-11H2,1-2H3. The maximum Gasteiger partial charge on any atom is 0.0826 e. The third kappa shape index (κ3) is 4.04. The number of aliphatic hydroxyl groups is 1. The molecule has 3 rings (SSSR count). The molecule has 1 N–H and O–H groups in total. The molecule has 5 nitrogen and oxygen atoms in total. The van der Waals surface area contributed by atoms with Gasteiger partial charge in [-0.25, -0.2) is 0 Å². The Kier molecular flexibility index (Phi) is 5.44. The second-order valence-corrected chi connectivity index (χ2v) is 7.91. The van der Waals surface area contributed by atoms with E-state index in [9.17, 15) is 5.11 Å². The fourth-order valence-electron chi connectivity index (χ4n) is 3.36. The van der Waals surface area contributed by atoms with Crippen molar-refractivity contribution in [2.24, 2.45) is 5.92 Å². The SMILES string of the molecule is CC(C)c1nnsc1CN1CCN(CC2CC2)C(CCO)C1. The molecular weight excluding hydrogens is 296 g/mol. The van der Waals surface area contributed by atoms with Gasteiger partial charge >= 0.3 is 0 Å². The van der Waals surface area contributed by atoms with E-state index in [1.54, 1.807) is 11.5 Å². The summed E-state index contributed by atoms with van der Waals surface area (Å²) in [5, 5.41) is 13.7. The van der Waals surface area contributed by atoms with Gasteiger partial charge in [0.05, 0.1) is 10.6 Å². The number of rotatable bonds is 7. The molecule has 0 radical (unpaired) electrons. The first-order valence-corrected chi connectivity index (χ1v) is 9.33. The fraction of sp³-hybridized carbons (Fsp3) is 0.875. The second-order valence-electron chi connectivity index (χ2n) is 7.08. The van der Waals surface area contributed by atoms with E-state index in [2.05, 4.69) is 33.2 Å². The van der Waals surface area contributed by atoms with Crippen molar-refractivity contribution >= 4 is 11.5 Å². The molecule has 124 valence electrons. The molecule has 1 unspecified atom stereocenters. The lowest BCUT2D eigenvalue weighted by molar-refractivity contribution is 0.0525. The Morgan fingerprint density at radius 3 is 2.82 bits per heavy atom. The lowest BCUT2D eigenvalue weighted by atomic mass is 10.1. The highest BCUT2D eigenvalue weighted by Crippen LogP contribution is 2.31. The number of hydrogen-bond donors (Lipinski definition) is 1. The van der Waals surface area contributed by atoms with Gasteiger partial charge in [0.15, 0.2) is 0 Å². The molecule has 2 aliphatic rings. The largest absolute Gasteiger partial charge is 0.396 e. The Bertz CT molecular complexity index is 474. The van der Waals surface area contributed by atoms with Gasteiger partial charge in [-0.05, 0) is 42.6 Å². The van der Waals surface area contributed by atoms with Crippen molar-refractivity contribution in [2.75, 3.05) is 32.8 Å². The predicted octanol–water partition coefficient (Wildman–Crippen LogP) is 1.94. The van der Waals surface area contributed by atoms with Crippen molar-refractivity contribution in [1.29, 1.82) is 0 Å². The van der Waals surface area contributed by atoms with E-state index < -0.39 is 0 Å². The summed E-state index contributed by atoms with van der Waals surface area (Å²) < 4.78 is 4.14. The van der Waals surface area contributed by atoms with E-state index in [-0.39, 0.29) is 0 Å². The number of nitrogens with zero attached hydrogens (tertiary/aromatic N) is 4. The minimum Gasteiger partial charge on any atom is -0.396 e. The van der Waals surface area contributed by atoms with Crippen LogP contribution in [0, 0.1) is 5.92 Å². The first-order valence-electron chi connectivity index (χ1n) is 8.55. The molecule has 0 spiro atoms. The summed E-state index contributed by atoms with van der Waals surface area (Å²) in [7, 11) is 0. The zero-order valence-electron chi connectivity index (χ0n) is 13.7. The second kappa shape index (κ2) is 7.34. The van der Waals surface area contributed by atoms with Crippen LogP contribution < -0.4 is 0 Å². The average Bonchev–Trinajstić information content (AvgIpc) is 3.18. The number of hydrogen-bond acceptors (Lipinski definition) is 6. The summed E-state index contributed by atoms with van der Waals surface area (Å²) in [5.41, 5.74) is 1.16. The van der Waals surface area contributed by atoms with Gasteiger partial charge in [-0.1, -0.05) is 18.3 Å². The zero-order chi connectivity index (χ0) is 15.5. The van der Waals surface area contributed by atoms with Crippen LogP contribution in [0.5, 0.6) is 0 Å². The molecule has 6 heteroatoms. The quantitative estimate of drug-likeness (QED) is 0.831. The summed E-state index contributed by atoms with van der Waals surface area (Å²) >= 11 is 1.54. The monoisotopic (exact) mass is 324 g/mol. The average molecular weight is 324 g/mol. The molecule has 0 bridgehead atoms. The van der Waals surface area contributed by atoms with Crippen LogP contribution in [0.15, 0.2) is 0 Å². The first kappa shape index (κ1) is 16.3. The topological polar surface area (TPSA) is 52.5 Å². The number of piperazine rings is 1. The van der Waals surface area contributed by atoms with Gasteiger partial charge in [-0.15, -0.1) is 5.10 Å². The Morgan fingerprint density at radius 2 is 2.14 bits per heavy atom. The summed E-state index contributed by atoms with van der Waals surface area (Å²) in [6, 6.07) is 0.503. The molecule has 0 amide bonds. The van der Waals surface area contributed by atoms with Crippen LogP contribution in [-0.2, 0) is 6.54 Å². The highest BCUT2D eigenvalue weighted by atomic mass is 32.1. The van der Waals surface area contributed by atoms with Crippen LogP contribution in [0.1, 0.15) is 49.6 Å². The van der Waals surface area contributed by atoms with Crippen molar-refractivity contribution in [2.45, 2.75) is 51.6 Å². The highest BCUT2D eigenvalue weighted by Gasteiger charge is 2.32. The van der Waals surface area contributed by atoms with Gasteiger partial charge in [-0.2, -0.15) is 0 Å². The van der Waals surface area contributed by atoms with E-state index >= 15 is 0 Å². The summed E-state index contributed by atoms with van der Waals surface area (Å²) in [6.07, 6.45) is 3.69. The van der Waals surface area contributed by atoms with Crippen molar-refractivity contribution < 1.29 is 5.11 Å². The van der Waals surface area contributed by atoms with Gasteiger partial charge in [-0.3, -0.25) is 9.80 Å². The summed E-state index contributed by atoms with van der Waals surface area (Å²) in [4.78, 5) is 6.44. The minimum atomic E-state index is 0.291. The van der Waals surface area contributed by atoms with Gasteiger partial charge in [0.2, 0.25) is 0 Å². The van der Waals surface area contributed by atoms with Gasteiger partial charge < -0.3 is 5.11 Å². The van der Waals surface area contributed by atoms with Gasteiger partial charge in [0.1, 0.15) is 0 Å². The van der Waals surface area contributed by atoms with Crippen LogP contribution in [-0.4, -0.2) is 63.3 Å². The van der Waals surface area contributed by atoms with E-state index in [1.807, 2.05) is 0 Å². The first-order chi connectivity index (χ1) is 10.7. The maximum absolute atomic E-state index is 9.38. The molecule has 0 aromatic carbocycles. The zero-order valence-corrected chi connectivity index (χ0v) is 14.6. The van der Waals surface area contributed by atoms with Crippen LogP contribution >= 0.6 is 11.5 Å². The van der Waals surface area contributed by atoms with Gasteiger partial charge in [0.25, 0.3) is 0 Å². The molecule has 1 aromatic rings. The Balaban J connectivity index is 1.59. The number of aliphatic hydroxyl groups excluding tert-OH is 1. The Labute approximate surface area is 137 Å². The molecule has 22 heavy (non-hydrogen) atoms. The fourth-order valence-corrected chi connectivity index (χ4v) is 4.20. The third-order valence-corrected chi connectivity index (χ3v) is 5.56. The van der Waals surface area contributed by atoms with Crippen LogP contribution in [0.3, 0.4) is 0 Å². The van der Waals surface area contributed by atoms with Crippen molar-refractivity contribution in [3.05, 3.63) is 10.6 Å². The van der Waals surface area contributed by atoms with Crippen molar-refractivity contribution in [1.82, 2.24) is 19.4 Å². The third-order valence-electron chi connectivity index (χ3n) is 4.84. The molecular formula is C16H28N4OS. The lowest BCUT2D eigenvalue weighted by Gasteiger charge is -2.41. The van der Waals surface area contributed by atoms with Crippen molar-refractivity contribution in [3.8, 4) is 0 Å². The molecule has 1 saturated carbocycles. The van der Waals surface area contributed by atoms with E-state index in [0.29, 0.717) is 18.6 Å². The molecule has 1 aliphatic heterocycles. The van der Waals surface area contributed by atoms with E-state index in [1.165, 1.54) is 24.3 Å². The number of aromatic nitrogens is 2. The van der Waals surface area contributed by atoms with E-state index in [0.717, 1.165) is 44.2 Å². The molecule has 1 saturated heterocycles. The maximum atomic E-state index is 9.38. The molecule has 2 heterocycles. The summed E-state index contributed by atoms with van der Waals surface area (Å²) in [6.45, 7) is 10.2. The summed E-state index contributed by atoms with van der Waals surface area (Å²) in [5.74, 6) is 1.36. The molecule has 1 atom stereocenters. The lowest BCUT2D eigenvalue weighted by Crippen LogP contribution is -2.53. The molecule has 2 fully saturated rings. The van der Waals surface area contributed by atoms with Crippen LogP contribution in [0.4, 0.5) is 0 Å². The molecule has 1 aromatic heterocycles. The predicted molar refractivity (Wildman–Crippen MR) is 89.1 cm³/mol.